The molecule has 1 unspecified atom stereocenters. The zero-order chi connectivity index (χ0) is 21.8. The van der Waals surface area contributed by atoms with Gasteiger partial charge in [0, 0.05) is 18.4 Å². The van der Waals surface area contributed by atoms with Gasteiger partial charge in [-0.2, -0.15) is 0 Å². The van der Waals surface area contributed by atoms with Gasteiger partial charge in [0.05, 0.1) is 19.4 Å². The van der Waals surface area contributed by atoms with Crippen molar-refractivity contribution in [1.29, 1.82) is 0 Å². The van der Waals surface area contributed by atoms with Crippen LogP contribution in [0.15, 0.2) is 23.4 Å². The SMILES string of the molecule is COc1ccc(C2=NOC3(CCCCC3)C2)cc1OC(CCOC(N)=O)C(C)(C)C. The van der Waals surface area contributed by atoms with Crippen LogP contribution in [0.5, 0.6) is 11.5 Å². The van der Waals surface area contributed by atoms with Gasteiger partial charge in [0.25, 0.3) is 0 Å². The molecule has 0 bridgehead atoms. The van der Waals surface area contributed by atoms with Crippen LogP contribution in [0.1, 0.15) is 71.3 Å². The van der Waals surface area contributed by atoms with E-state index in [0.717, 1.165) is 30.5 Å². The molecule has 1 aliphatic carbocycles. The summed E-state index contributed by atoms with van der Waals surface area (Å²) in [6.45, 7) is 6.45. The third-order valence-corrected chi connectivity index (χ3v) is 5.96. The third kappa shape index (κ3) is 5.37. The van der Waals surface area contributed by atoms with Gasteiger partial charge in [-0.15, -0.1) is 0 Å². The zero-order valence-electron chi connectivity index (χ0n) is 18.5. The van der Waals surface area contributed by atoms with Gasteiger partial charge in [0.1, 0.15) is 11.7 Å². The van der Waals surface area contributed by atoms with Crippen molar-refractivity contribution in [3.8, 4) is 11.5 Å². The minimum absolute atomic E-state index is 0.130. The van der Waals surface area contributed by atoms with Gasteiger partial charge in [-0.3, -0.25) is 0 Å². The topological polar surface area (TPSA) is 92.4 Å². The Morgan fingerprint density at radius 2 is 1.97 bits per heavy atom. The molecule has 7 nitrogen and oxygen atoms in total. The summed E-state index contributed by atoms with van der Waals surface area (Å²) in [6, 6.07) is 5.87. The summed E-state index contributed by atoms with van der Waals surface area (Å²) in [5, 5.41) is 4.43. The summed E-state index contributed by atoms with van der Waals surface area (Å²) < 4.78 is 16.8. The molecule has 1 fully saturated rings. The zero-order valence-corrected chi connectivity index (χ0v) is 18.5. The van der Waals surface area contributed by atoms with Crippen molar-refractivity contribution in [2.75, 3.05) is 13.7 Å². The molecule has 1 atom stereocenters. The summed E-state index contributed by atoms with van der Waals surface area (Å²) >= 11 is 0. The van der Waals surface area contributed by atoms with E-state index in [0.29, 0.717) is 17.9 Å². The summed E-state index contributed by atoms with van der Waals surface area (Å²) in [6.07, 6.45) is 6.15. The number of hydrogen-bond acceptors (Lipinski definition) is 6. The second-order valence-corrected chi connectivity index (χ2v) is 9.34. The van der Waals surface area contributed by atoms with Gasteiger partial charge >= 0.3 is 6.09 Å². The number of nitrogens with two attached hydrogens (primary N) is 1. The van der Waals surface area contributed by atoms with Crippen LogP contribution >= 0.6 is 0 Å². The molecule has 0 aromatic heterocycles. The molecular formula is C23H34N2O5. The number of benzene rings is 1. The fraction of sp³-hybridized carbons (Fsp3) is 0.652. The van der Waals surface area contributed by atoms with Crippen LogP contribution in [-0.2, 0) is 9.57 Å². The number of amides is 1. The molecule has 7 heteroatoms. The van der Waals surface area contributed by atoms with Crippen molar-refractivity contribution in [3.63, 3.8) is 0 Å². The molecule has 1 aliphatic heterocycles. The molecule has 2 aliphatic rings. The van der Waals surface area contributed by atoms with Gasteiger partial charge in [0.2, 0.25) is 0 Å². The number of carbonyl (C=O) groups excluding carboxylic acids is 1. The summed E-state index contributed by atoms with van der Waals surface area (Å²) in [5.41, 5.74) is 6.71. The van der Waals surface area contributed by atoms with Crippen LogP contribution in [-0.4, -0.2) is 37.2 Å². The van der Waals surface area contributed by atoms with Crippen molar-refractivity contribution >= 4 is 11.8 Å². The molecular weight excluding hydrogens is 384 g/mol. The lowest BCUT2D eigenvalue weighted by Crippen LogP contribution is -2.34. The third-order valence-electron chi connectivity index (χ3n) is 5.96. The molecule has 1 aromatic rings. The number of carbonyl (C=O) groups is 1. The maximum absolute atomic E-state index is 10.9. The predicted molar refractivity (Wildman–Crippen MR) is 115 cm³/mol. The first-order valence-corrected chi connectivity index (χ1v) is 10.7. The number of oxime groups is 1. The van der Waals surface area contributed by atoms with E-state index >= 15 is 0 Å². The van der Waals surface area contributed by atoms with E-state index in [1.807, 2.05) is 18.2 Å². The Morgan fingerprint density at radius 3 is 2.60 bits per heavy atom. The molecule has 0 radical (unpaired) electrons. The van der Waals surface area contributed by atoms with Gasteiger partial charge in [-0.05, 0) is 49.3 Å². The smallest absolute Gasteiger partial charge is 0.404 e. The first kappa shape index (κ1) is 22.2. The van der Waals surface area contributed by atoms with E-state index in [-0.39, 0.29) is 23.7 Å². The van der Waals surface area contributed by atoms with Gasteiger partial charge in [0.15, 0.2) is 11.5 Å². The first-order chi connectivity index (χ1) is 14.2. The molecule has 3 rings (SSSR count). The van der Waals surface area contributed by atoms with E-state index in [1.54, 1.807) is 7.11 Å². The largest absolute Gasteiger partial charge is 0.493 e. The van der Waals surface area contributed by atoms with Crippen LogP contribution in [0.4, 0.5) is 4.79 Å². The fourth-order valence-electron chi connectivity index (χ4n) is 4.18. The summed E-state index contributed by atoms with van der Waals surface area (Å²) in [7, 11) is 1.62. The maximum atomic E-state index is 10.9. The Balaban J connectivity index is 1.77. The molecule has 30 heavy (non-hydrogen) atoms. The average molecular weight is 419 g/mol. The normalized spacial score (nSPS) is 19.0. The molecule has 1 spiro atoms. The molecule has 166 valence electrons. The lowest BCUT2D eigenvalue weighted by molar-refractivity contribution is -0.0449. The molecule has 1 saturated carbocycles. The predicted octanol–water partition coefficient (Wildman–Crippen LogP) is 4.80. The number of ether oxygens (including phenoxy) is 3. The van der Waals surface area contributed by atoms with Crippen LogP contribution in [0.2, 0.25) is 0 Å². The van der Waals surface area contributed by atoms with Crippen molar-refractivity contribution in [3.05, 3.63) is 23.8 Å². The van der Waals surface area contributed by atoms with Crippen molar-refractivity contribution in [2.24, 2.45) is 16.3 Å². The van der Waals surface area contributed by atoms with E-state index in [2.05, 4.69) is 25.9 Å². The number of nitrogens with zero attached hydrogens (tertiary/aromatic N) is 1. The number of primary amides is 1. The Morgan fingerprint density at radius 1 is 1.23 bits per heavy atom. The van der Waals surface area contributed by atoms with Gasteiger partial charge in [-0.1, -0.05) is 32.3 Å². The van der Waals surface area contributed by atoms with Crippen molar-refractivity contribution in [1.82, 2.24) is 0 Å². The fourth-order valence-corrected chi connectivity index (χ4v) is 4.18. The Hall–Kier alpha value is -2.44. The van der Waals surface area contributed by atoms with Gasteiger partial charge in [-0.25, -0.2) is 4.79 Å². The van der Waals surface area contributed by atoms with E-state index in [9.17, 15) is 4.79 Å². The molecule has 0 saturated heterocycles. The second kappa shape index (κ2) is 9.14. The lowest BCUT2D eigenvalue weighted by Gasteiger charge is -2.31. The highest BCUT2D eigenvalue weighted by molar-refractivity contribution is 6.02. The lowest BCUT2D eigenvalue weighted by atomic mass is 9.81. The second-order valence-electron chi connectivity index (χ2n) is 9.34. The standard InChI is InChI=1S/C23H34N2O5/c1-22(2,3)20(10-13-28-21(24)26)29-19-14-16(8-9-18(19)27-4)17-15-23(30-25-17)11-6-5-7-12-23/h8-9,14,20H,5-7,10-13,15H2,1-4H3,(H2,24,26). The van der Waals surface area contributed by atoms with E-state index in [1.165, 1.54) is 19.3 Å². The van der Waals surface area contributed by atoms with Crippen LogP contribution in [0.25, 0.3) is 0 Å². The average Bonchev–Trinajstić information content (AvgIpc) is 3.10. The van der Waals surface area contributed by atoms with Crippen LogP contribution < -0.4 is 15.2 Å². The highest BCUT2D eigenvalue weighted by Crippen LogP contribution is 2.41. The Kier molecular flexibility index (Phi) is 6.78. The van der Waals surface area contributed by atoms with Crippen LogP contribution in [0, 0.1) is 5.41 Å². The molecule has 2 N–H and O–H groups in total. The van der Waals surface area contributed by atoms with Crippen LogP contribution in [0.3, 0.4) is 0 Å². The minimum atomic E-state index is -0.780. The van der Waals surface area contributed by atoms with Crippen molar-refractivity contribution in [2.45, 2.75) is 77.4 Å². The number of methoxy groups -OCH3 is 1. The van der Waals surface area contributed by atoms with E-state index in [4.69, 9.17) is 24.8 Å². The highest BCUT2D eigenvalue weighted by Gasteiger charge is 2.40. The van der Waals surface area contributed by atoms with Crippen molar-refractivity contribution < 1.29 is 23.8 Å². The Bertz CT molecular complexity index is 778. The quantitative estimate of drug-likeness (QED) is 0.686. The summed E-state index contributed by atoms with van der Waals surface area (Å²) in [4.78, 5) is 16.8. The number of rotatable bonds is 7. The Labute approximate surface area is 178 Å². The maximum Gasteiger partial charge on any atom is 0.404 e. The highest BCUT2D eigenvalue weighted by atomic mass is 16.7. The monoisotopic (exact) mass is 418 g/mol. The first-order valence-electron chi connectivity index (χ1n) is 10.7. The van der Waals surface area contributed by atoms with E-state index < -0.39 is 6.09 Å². The molecule has 1 amide bonds. The summed E-state index contributed by atoms with van der Waals surface area (Å²) in [5.74, 6) is 1.29. The minimum Gasteiger partial charge on any atom is -0.493 e. The molecule has 1 aromatic carbocycles. The number of hydrogen-bond donors (Lipinski definition) is 1. The molecule has 1 heterocycles. The van der Waals surface area contributed by atoms with Gasteiger partial charge < -0.3 is 24.8 Å².